The molecular weight excluding hydrogens is 236 g/mol. The second-order valence-electron chi connectivity index (χ2n) is 4.79. The van der Waals surface area contributed by atoms with Crippen LogP contribution in [0.25, 0.3) is 0 Å². The zero-order chi connectivity index (χ0) is 13.9. The molecule has 1 rings (SSSR count). The van der Waals surface area contributed by atoms with E-state index in [1.807, 2.05) is 30.3 Å². The molecule has 1 amide bonds. The summed E-state index contributed by atoms with van der Waals surface area (Å²) >= 11 is 0. The normalized spacial score (nSPS) is 12.1. The summed E-state index contributed by atoms with van der Waals surface area (Å²) in [6, 6.07) is 10.0. The van der Waals surface area contributed by atoms with E-state index >= 15 is 0 Å². The lowest BCUT2D eigenvalue weighted by molar-refractivity contribution is -0.122. The van der Waals surface area contributed by atoms with Crippen LogP contribution in [0.4, 0.5) is 0 Å². The Morgan fingerprint density at radius 2 is 1.79 bits per heavy atom. The van der Waals surface area contributed by atoms with Crippen LogP contribution in [0, 0.1) is 0 Å². The molecule has 0 aromatic heterocycles. The van der Waals surface area contributed by atoms with E-state index in [1.54, 1.807) is 0 Å². The van der Waals surface area contributed by atoms with Crippen LogP contribution in [0.3, 0.4) is 0 Å². The van der Waals surface area contributed by atoms with Crippen molar-refractivity contribution in [3.8, 4) is 0 Å². The van der Waals surface area contributed by atoms with Crippen molar-refractivity contribution >= 4 is 5.91 Å². The predicted octanol–water partition coefficient (Wildman–Crippen LogP) is 2.69. The average molecular weight is 262 g/mol. The van der Waals surface area contributed by atoms with Crippen molar-refractivity contribution in [1.29, 1.82) is 0 Å². The van der Waals surface area contributed by atoms with E-state index in [1.165, 1.54) is 0 Å². The highest BCUT2D eigenvalue weighted by Gasteiger charge is 2.18. The van der Waals surface area contributed by atoms with Crippen molar-refractivity contribution in [3.05, 3.63) is 35.9 Å². The lowest BCUT2D eigenvalue weighted by Gasteiger charge is -2.16. The third-order valence-corrected chi connectivity index (χ3v) is 3.12. The molecule has 0 bridgehead atoms. The summed E-state index contributed by atoms with van der Waals surface area (Å²) in [7, 11) is 0. The molecule has 0 saturated carbocycles. The average Bonchev–Trinajstić information content (AvgIpc) is 2.45. The Morgan fingerprint density at radius 3 is 2.42 bits per heavy atom. The summed E-state index contributed by atoms with van der Waals surface area (Å²) in [6.45, 7) is 6.80. The monoisotopic (exact) mass is 262 g/mol. The Kier molecular flexibility index (Phi) is 7.91. The SMILES string of the molecule is CCCNCCNC(=O)C(CCC)c1ccccc1. The maximum Gasteiger partial charge on any atom is 0.227 e. The Labute approximate surface area is 116 Å². The standard InChI is InChI=1S/C16H26N2O/c1-3-8-15(14-9-6-5-7-10-14)16(19)18-13-12-17-11-4-2/h5-7,9-10,15,17H,3-4,8,11-13H2,1-2H3,(H,18,19). The van der Waals surface area contributed by atoms with Gasteiger partial charge in [-0.15, -0.1) is 0 Å². The first-order chi connectivity index (χ1) is 9.29. The molecule has 3 nitrogen and oxygen atoms in total. The van der Waals surface area contributed by atoms with E-state index in [4.69, 9.17) is 0 Å². The fraction of sp³-hybridized carbons (Fsp3) is 0.562. The summed E-state index contributed by atoms with van der Waals surface area (Å²) < 4.78 is 0. The maximum absolute atomic E-state index is 12.2. The first-order valence-corrected chi connectivity index (χ1v) is 7.33. The lowest BCUT2D eigenvalue weighted by Crippen LogP contribution is -2.35. The lowest BCUT2D eigenvalue weighted by atomic mass is 9.94. The van der Waals surface area contributed by atoms with E-state index in [2.05, 4.69) is 24.5 Å². The summed E-state index contributed by atoms with van der Waals surface area (Å²) in [4.78, 5) is 12.2. The summed E-state index contributed by atoms with van der Waals surface area (Å²) in [5.74, 6) is 0.128. The zero-order valence-corrected chi connectivity index (χ0v) is 12.1. The molecule has 1 atom stereocenters. The highest BCUT2D eigenvalue weighted by Crippen LogP contribution is 2.21. The highest BCUT2D eigenvalue weighted by molar-refractivity contribution is 5.83. The van der Waals surface area contributed by atoms with Crippen LogP contribution in [-0.2, 0) is 4.79 Å². The number of benzene rings is 1. The molecule has 0 heterocycles. The Balaban J connectivity index is 2.45. The van der Waals surface area contributed by atoms with E-state index in [0.717, 1.165) is 37.9 Å². The van der Waals surface area contributed by atoms with E-state index < -0.39 is 0 Å². The molecule has 0 aliphatic heterocycles. The van der Waals surface area contributed by atoms with E-state index in [-0.39, 0.29) is 11.8 Å². The number of hydrogen-bond donors (Lipinski definition) is 2. The molecule has 0 saturated heterocycles. The minimum Gasteiger partial charge on any atom is -0.354 e. The van der Waals surface area contributed by atoms with Gasteiger partial charge in [-0.2, -0.15) is 0 Å². The van der Waals surface area contributed by atoms with Gasteiger partial charge in [0.2, 0.25) is 5.91 Å². The largest absolute Gasteiger partial charge is 0.354 e. The Morgan fingerprint density at radius 1 is 1.05 bits per heavy atom. The van der Waals surface area contributed by atoms with Crippen LogP contribution in [0.5, 0.6) is 0 Å². The first kappa shape index (κ1) is 15.7. The van der Waals surface area contributed by atoms with Crippen LogP contribution < -0.4 is 10.6 Å². The van der Waals surface area contributed by atoms with Gasteiger partial charge in [0.1, 0.15) is 0 Å². The van der Waals surface area contributed by atoms with Gasteiger partial charge < -0.3 is 10.6 Å². The number of hydrogen-bond acceptors (Lipinski definition) is 2. The zero-order valence-electron chi connectivity index (χ0n) is 12.1. The number of carbonyl (C=O) groups is 1. The molecule has 1 unspecified atom stereocenters. The molecule has 0 radical (unpaired) electrons. The Bertz CT molecular complexity index is 351. The van der Waals surface area contributed by atoms with Gasteiger partial charge in [-0.05, 0) is 24.9 Å². The number of rotatable bonds is 9. The smallest absolute Gasteiger partial charge is 0.227 e. The molecule has 2 N–H and O–H groups in total. The fourth-order valence-corrected chi connectivity index (χ4v) is 2.12. The minimum absolute atomic E-state index is 0.0163. The third kappa shape index (κ3) is 5.88. The second kappa shape index (κ2) is 9.56. The van der Waals surface area contributed by atoms with Crippen molar-refractivity contribution in [3.63, 3.8) is 0 Å². The van der Waals surface area contributed by atoms with Gasteiger partial charge in [0.15, 0.2) is 0 Å². The molecule has 19 heavy (non-hydrogen) atoms. The van der Waals surface area contributed by atoms with Gasteiger partial charge in [0.25, 0.3) is 0 Å². The molecule has 0 spiro atoms. The third-order valence-electron chi connectivity index (χ3n) is 3.12. The summed E-state index contributed by atoms with van der Waals surface area (Å²) in [5, 5.41) is 6.31. The maximum atomic E-state index is 12.2. The molecule has 1 aromatic rings. The molecule has 106 valence electrons. The van der Waals surface area contributed by atoms with Gasteiger partial charge in [0, 0.05) is 13.1 Å². The quantitative estimate of drug-likeness (QED) is 0.672. The van der Waals surface area contributed by atoms with Gasteiger partial charge in [0.05, 0.1) is 5.92 Å². The van der Waals surface area contributed by atoms with Gasteiger partial charge >= 0.3 is 0 Å². The van der Waals surface area contributed by atoms with Crippen molar-refractivity contribution < 1.29 is 4.79 Å². The molecule has 0 fully saturated rings. The van der Waals surface area contributed by atoms with E-state index in [0.29, 0.717) is 6.54 Å². The second-order valence-corrected chi connectivity index (χ2v) is 4.79. The van der Waals surface area contributed by atoms with Crippen molar-refractivity contribution in [2.24, 2.45) is 0 Å². The fourth-order valence-electron chi connectivity index (χ4n) is 2.12. The topological polar surface area (TPSA) is 41.1 Å². The number of carbonyl (C=O) groups excluding carboxylic acids is 1. The summed E-state index contributed by atoms with van der Waals surface area (Å²) in [5.41, 5.74) is 1.11. The van der Waals surface area contributed by atoms with Gasteiger partial charge in [-0.3, -0.25) is 4.79 Å². The van der Waals surface area contributed by atoms with Gasteiger partial charge in [-0.25, -0.2) is 0 Å². The molecule has 0 aliphatic rings. The number of nitrogens with one attached hydrogen (secondary N) is 2. The van der Waals surface area contributed by atoms with Crippen LogP contribution >= 0.6 is 0 Å². The highest BCUT2D eigenvalue weighted by atomic mass is 16.1. The molecule has 0 aliphatic carbocycles. The predicted molar refractivity (Wildman–Crippen MR) is 80.3 cm³/mol. The van der Waals surface area contributed by atoms with Crippen LogP contribution in [0.2, 0.25) is 0 Å². The molecular formula is C16H26N2O. The molecule has 3 heteroatoms. The first-order valence-electron chi connectivity index (χ1n) is 7.33. The molecule has 1 aromatic carbocycles. The Hall–Kier alpha value is -1.35. The van der Waals surface area contributed by atoms with Crippen molar-refractivity contribution in [1.82, 2.24) is 10.6 Å². The van der Waals surface area contributed by atoms with E-state index in [9.17, 15) is 4.79 Å². The minimum atomic E-state index is -0.0163. The van der Waals surface area contributed by atoms with Crippen molar-refractivity contribution in [2.45, 2.75) is 39.0 Å². The van der Waals surface area contributed by atoms with Crippen LogP contribution in [0.15, 0.2) is 30.3 Å². The van der Waals surface area contributed by atoms with Gasteiger partial charge in [-0.1, -0.05) is 50.6 Å². The summed E-state index contributed by atoms with van der Waals surface area (Å²) in [6.07, 6.45) is 3.04. The van der Waals surface area contributed by atoms with Crippen LogP contribution in [0.1, 0.15) is 44.6 Å². The number of amides is 1. The van der Waals surface area contributed by atoms with Crippen molar-refractivity contribution in [2.75, 3.05) is 19.6 Å². The van der Waals surface area contributed by atoms with Crippen LogP contribution in [-0.4, -0.2) is 25.5 Å².